The van der Waals surface area contributed by atoms with E-state index in [1.807, 2.05) is 12.1 Å². The second kappa shape index (κ2) is 6.80. The van der Waals surface area contributed by atoms with E-state index in [9.17, 15) is 18.0 Å². The molecule has 4 aromatic rings. The van der Waals surface area contributed by atoms with Gasteiger partial charge in [0.15, 0.2) is 11.5 Å². The van der Waals surface area contributed by atoms with E-state index in [4.69, 9.17) is 0 Å². The molecule has 0 aliphatic heterocycles. The predicted octanol–water partition coefficient (Wildman–Crippen LogP) is 4.67. The molecule has 0 unspecified atom stereocenters. The number of aromatic nitrogens is 3. The van der Waals surface area contributed by atoms with E-state index >= 15 is 0 Å². The van der Waals surface area contributed by atoms with Crippen molar-refractivity contribution in [1.82, 2.24) is 14.6 Å². The molecule has 0 spiro atoms. The van der Waals surface area contributed by atoms with Crippen molar-refractivity contribution >= 4 is 17.2 Å². The van der Waals surface area contributed by atoms with Gasteiger partial charge in [-0.15, -0.1) is 10.2 Å². The Balaban J connectivity index is 1.66. The van der Waals surface area contributed by atoms with Crippen LogP contribution >= 0.6 is 0 Å². The molecule has 0 aliphatic carbocycles. The summed E-state index contributed by atoms with van der Waals surface area (Å²) in [5, 5.41) is 10.7. The number of anilines is 1. The zero-order valence-corrected chi connectivity index (χ0v) is 14.3. The average molecular weight is 382 g/mol. The summed E-state index contributed by atoms with van der Waals surface area (Å²) in [5.74, 6) is -0.279. The van der Waals surface area contributed by atoms with Crippen LogP contribution in [0.1, 0.15) is 15.9 Å². The molecule has 0 saturated carbocycles. The molecule has 0 radical (unpaired) electrons. The Morgan fingerprint density at radius 1 is 0.929 bits per heavy atom. The number of hydrogen-bond acceptors (Lipinski definition) is 3. The summed E-state index contributed by atoms with van der Waals surface area (Å²) in [5.41, 5.74) is 0.263. The van der Waals surface area contributed by atoms with Crippen LogP contribution in [-0.4, -0.2) is 20.5 Å². The van der Waals surface area contributed by atoms with E-state index < -0.39 is 23.2 Å². The van der Waals surface area contributed by atoms with Gasteiger partial charge in [0, 0.05) is 17.4 Å². The van der Waals surface area contributed by atoms with Gasteiger partial charge in [-0.3, -0.25) is 9.20 Å². The smallest absolute Gasteiger partial charge is 0.322 e. The molecule has 1 N–H and O–H groups in total. The van der Waals surface area contributed by atoms with Gasteiger partial charge in [0.25, 0.3) is 5.91 Å². The van der Waals surface area contributed by atoms with Gasteiger partial charge < -0.3 is 5.32 Å². The van der Waals surface area contributed by atoms with Gasteiger partial charge in [0.1, 0.15) is 0 Å². The molecule has 4 rings (SSSR count). The number of pyridine rings is 1. The summed E-state index contributed by atoms with van der Waals surface area (Å²) >= 11 is 0. The lowest BCUT2D eigenvalue weighted by molar-refractivity contribution is -0.137. The van der Waals surface area contributed by atoms with Gasteiger partial charge in [-0.25, -0.2) is 0 Å². The zero-order valence-electron chi connectivity index (χ0n) is 14.3. The first-order chi connectivity index (χ1) is 13.4. The number of halogens is 3. The minimum absolute atomic E-state index is 0.354. The molecular formula is C20H13F3N4O. The molecule has 2 aromatic heterocycles. The topological polar surface area (TPSA) is 59.3 Å². The SMILES string of the molecule is O=C(Nc1cccc(-c2nnc3ccccn23)c1)c1ccccc1C(F)(F)F. The number of nitrogens with zero attached hydrogens (tertiary/aromatic N) is 3. The van der Waals surface area contributed by atoms with E-state index in [2.05, 4.69) is 15.5 Å². The maximum absolute atomic E-state index is 13.1. The standard InChI is InChI=1S/C20H13F3N4O/c21-20(22,23)16-9-2-1-8-15(16)19(28)24-14-7-5-6-13(12-14)18-26-25-17-10-3-4-11-27(17)18/h1-12H,(H,24,28). The molecule has 0 fully saturated rings. The van der Waals surface area contributed by atoms with Crippen molar-refractivity contribution in [3.05, 3.63) is 84.1 Å². The van der Waals surface area contributed by atoms with Crippen LogP contribution in [0.2, 0.25) is 0 Å². The fourth-order valence-corrected chi connectivity index (χ4v) is 2.90. The van der Waals surface area contributed by atoms with Crippen LogP contribution in [0.5, 0.6) is 0 Å². The third kappa shape index (κ3) is 3.32. The molecule has 0 saturated heterocycles. The first-order valence-corrected chi connectivity index (χ1v) is 8.31. The van der Waals surface area contributed by atoms with Crippen molar-refractivity contribution in [2.24, 2.45) is 0 Å². The van der Waals surface area contributed by atoms with Gasteiger partial charge in [-0.05, 0) is 36.4 Å². The number of rotatable bonds is 3. The number of carbonyl (C=O) groups excluding carboxylic acids is 1. The summed E-state index contributed by atoms with van der Waals surface area (Å²) < 4.78 is 41.2. The minimum Gasteiger partial charge on any atom is -0.322 e. The van der Waals surface area contributed by atoms with Gasteiger partial charge in [0.2, 0.25) is 0 Å². The third-order valence-corrected chi connectivity index (χ3v) is 4.17. The minimum atomic E-state index is -4.61. The molecule has 2 aromatic carbocycles. The van der Waals surface area contributed by atoms with Crippen molar-refractivity contribution in [2.75, 3.05) is 5.32 Å². The second-order valence-electron chi connectivity index (χ2n) is 6.03. The highest BCUT2D eigenvalue weighted by Crippen LogP contribution is 2.32. The Morgan fingerprint density at radius 3 is 2.54 bits per heavy atom. The first-order valence-electron chi connectivity index (χ1n) is 8.31. The molecular weight excluding hydrogens is 369 g/mol. The monoisotopic (exact) mass is 382 g/mol. The van der Waals surface area contributed by atoms with Crippen LogP contribution in [0, 0.1) is 0 Å². The van der Waals surface area contributed by atoms with E-state index in [0.29, 0.717) is 22.7 Å². The Hall–Kier alpha value is -3.68. The van der Waals surface area contributed by atoms with Crippen LogP contribution in [0.3, 0.4) is 0 Å². The quantitative estimate of drug-likeness (QED) is 0.560. The van der Waals surface area contributed by atoms with Gasteiger partial charge in [-0.2, -0.15) is 13.2 Å². The van der Waals surface area contributed by atoms with Crippen molar-refractivity contribution in [3.63, 3.8) is 0 Å². The number of alkyl halides is 3. The second-order valence-corrected chi connectivity index (χ2v) is 6.03. The zero-order chi connectivity index (χ0) is 19.7. The number of hydrogen-bond donors (Lipinski definition) is 1. The molecule has 0 aliphatic rings. The van der Waals surface area contributed by atoms with Crippen LogP contribution in [0.15, 0.2) is 72.9 Å². The first kappa shape index (κ1) is 17.7. The van der Waals surface area contributed by atoms with E-state index in [0.717, 1.165) is 12.1 Å². The summed E-state index contributed by atoms with van der Waals surface area (Å²) in [4.78, 5) is 12.4. The normalized spacial score (nSPS) is 11.5. The third-order valence-electron chi connectivity index (χ3n) is 4.17. The summed E-state index contributed by atoms with van der Waals surface area (Å²) in [7, 11) is 0. The molecule has 0 atom stereocenters. The Bertz CT molecular complexity index is 1170. The Kier molecular flexibility index (Phi) is 4.31. The van der Waals surface area contributed by atoms with Crippen molar-refractivity contribution < 1.29 is 18.0 Å². The molecule has 28 heavy (non-hydrogen) atoms. The largest absolute Gasteiger partial charge is 0.417 e. The number of fused-ring (bicyclic) bond motifs is 1. The van der Waals surface area contributed by atoms with Gasteiger partial charge in [0.05, 0.1) is 11.1 Å². The van der Waals surface area contributed by atoms with Crippen LogP contribution < -0.4 is 5.32 Å². The highest BCUT2D eigenvalue weighted by atomic mass is 19.4. The van der Waals surface area contributed by atoms with Crippen LogP contribution in [-0.2, 0) is 6.18 Å². The summed E-state index contributed by atoms with van der Waals surface area (Å²) in [6.45, 7) is 0. The predicted molar refractivity (Wildman–Crippen MR) is 97.8 cm³/mol. The van der Waals surface area contributed by atoms with Crippen molar-refractivity contribution in [1.29, 1.82) is 0 Å². The van der Waals surface area contributed by atoms with Gasteiger partial charge >= 0.3 is 6.18 Å². The number of amides is 1. The summed E-state index contributed by atoms with van der Waals surface area (Å²) in [6.07, 6.45) is -2.81. The summed E-state index contributed by atoms with van der Waals surface area (Å²) in [6, 6.07) is 16.8. The molecule has 0 bridgehead atoms. The fourth-order valence-electron chi connectivity index (χ4n) is 2.90. The lowest BCUT2D eigenvalue weighted by Gasteiger charge is -2.13. The van der Waals surface area contributed by atoms with Crippen LogP contribution in [0.4, 0.5) is 18.9 Å². The fraction of sp³-hybridized carbons (Fsp3) is 0.0500. The molecule has 2 heterocycles. The molecule has 140 valence electrons. The lowest BCUT2D eigenvalue weighted by Crippen LogP contribution is -2.18. The highest BCUT2D eigenvalue weighted by Gasteiger charge is 2.34. The Labute approximate surface area is 157 Å². The number of nitrogens with one attached hydrogen (secondary N) is 1. The molecule has 5 nitrogen and oxygen atoms in total. The van der Waals surface area contributed by atoms with E-state index in [1.165, 1.54) is 12.1 Å². The maximum Gasteiger partial charge on any atom is 0.417 e. The number of benzene rings is 2. The Morgan fingerprint density at radius 2 is 1.71 bits per heavy atom. The van der Waals surface area contributed by atoms with E-state index in [1.54, 1.807) is 40.9 Å². The maximum atomic E-state index is 13.1. The lowest BCUT2D eigenvalue weighted by atomic mass is 10.1. The average Bonchev–Trinajstić information content (AvgIpc) is 3.12. The van der Waals surface area contributed by atoms with Crippen molar-refractivity contribution in [2.45, 2.75) is 6.18 Å². The molecule has 8 heteroatoms. The molecule has 1 amide bonds. The highest BCUT2D eigenvalue weighted by molar-refractivity contribution is 6.05. The van der Waals surface area contributed by atoms with E-state index in [-0.39, 0.29) is 0 Å². The number of carbonyl (C=O) groups is 1. The van der Waals surface area contributed by atoms with Gasteiger partial charge in [-0.1, -0.05) is 30.3 Å². The van der Waals surface area contributed by atoms with Crippen LogP contribution in [0.25, 0.3) is 17.0 Å². The van der Waals surface area contributed by atoms with Crippen molar-refractivity contribution in [3.8, 4) is 11.4 Å².